The molecule has 0 spiro atoms. The second-order valence-corrected chi connectivity index (χ2v) is 6.88. The highest BCUT2D eigenvalue weighted by Crippen LogP contribution is 2.23. The van der Waals surface area contributed by atoms with Gasteiger partial charge in [0.2, 0.25) is 0 Å². The topological polar surface area (TPSA) is 20.3 Å². The van der Waals surface area contributed by atoms with Gasteiger partial charge in [0.25, 0.3) is 5.91 Å². The fraction of sp³-hybridized carbons (Fsp3) is 0.389. The molecule has 1 aliphatic rings. The van der Waals surface area contributed by atoms with Gasteiger partial charge in [-0.15, -0.1) is 11.3 Å². The number of carbonyl (C=O) groups is 1. The number of hydrogen-bond donors (Lipinski definition) is 0. The van der Waals surface area contributed by atoms with Crippen molar-refractivity contribution >= 4 is 17.2 Å². The molecule has 21 heavy (non-hydrogen) atoms. The van der Waals surface area contributed by atoms with Crippen LogP contribution in [0.15, 0.2) is 29.6 Å². The summed E-state index contributed by atoms with van der Waals surface area (Å²) >= 11 is 1.72. The van der Waals surface area contributed by atoms with Gasteiger partial charge in [-0.2, -0.15) is 0 Å². The van der Waals surface area contributed by atoms with Crippen LogP contribution < -0.4 is 0 Å². The van der Waals surface area contributed by atoms with Crippen LogP contribution in [0, 0.1) is 6.92 Å². The molecular weight excluding hydrogens is 278 g/mol. The molecule has 110 valence electrons. The zero-order valence-corrected chi connectivity index (χ0v) is 13.5. The smallest absolute Gasteiger partial charge is 0.253 e. The molecule has 0 N–H and O–H groups in total. The Hall–Kier alpha value is -1.61. The maximum absolute atomic E-state index is 12.6. The van der Waals surface area contributed by atoms with Crippen molar-refractivity contribution in [2.24, 2.45) is 0 Å². The van der Waals surface area contributed by atoms with Gasteiger partial charge in [0.15, 0.2) is 0 Å². The summed E-state index contributed by atoms with van der Waals surface area (Å²) < 4.78 is 0. The molecule has 1 heterocycles. The summed E-state index contributed by atoms with van der Waals surface area (Å²) in [6, 6.07) is 8.35. The Labute approximate surface area is 130 Å². The predicted octanol–water partition coefficient (Wildman–Crippen LogP) is 4.21. The van der Waals surface area contributed by atoms with Crippen molar-refractivity contribution in [1.29, 1.82) is 0 Å². The van der Waals surface area contributed by atoms with Gasteiger partial charge in [0.05, 0.1) is 6.54 Å². The van der Waals surface area contributed by atoms with Gasteiger partial charge in [0, 0.05) is 17.5 Å². The van der Waals surface area contributed by atoms with Crippen LogP contribution in [0.3, 0.4) is 0 Å². The lowest BCUT2D eigenvalue weighted by atomic mass is 9.90. The standard InChI is InChI=1S/C18H21NOS/c1-13-9-10-21-17(13)12-19(2)18(20)16-8-7-14-5-3-4-6-15(14)11-16/h7-11H,3-6,12H2,1-2H3. The number of rotatable bonds is 3. The lowest BCUT2D eigenvalue weighted by molar-refractivity contribution is 0.0786. The van der Waals surface area contributed by atoms with E-state index in [2.05, 4.69) is 30.5 Å². The van der Waals surface area contributed by atoms with E-state index in [0.29, 0.717) is 6.54 Å². The average molecular weight is 299 g/mol. The lowest BCUT2D eigenvalue weighted by Gasteiger charge is -2.20. The van der Waals surface area contributed by atoms with Crippen molar-refractivity contribution in [1.82, 2.24) is 4.90 Å². The van der Waals surface area contributed by atoms with E-state index in [1.54, 1.807) is 11.3 Å². The van der Waals surface area contributed by atoms with Crippen LogP contribution >= 0.6 is 11.3 Å². The van der Waals surface area contributed by atoms with Crippen molar-refractivity contribution in [3.8, 4) is 0 Å². The minimum atomic E-state index is 0.121. The van der Waals surface area contributed by atoms with Gasteiger partial charge in [0.1, 0.15) is 0 Å². The summed E-state index contributed by atoms with van der Waals surface area (Å²) in [4.78, 5) is 15.7. The van der Waals surface area contributed by atoms with Crippen molar-refractivity contribution < 1.29 is 4.79 Å². The first-order valence-corrected chi connectivity index (χ1v) is 8.43. The molecule has 1 aliphatic carbocycles. The minimum Gasteiger partial charge on any atom is -0.337 e. The molecule has 1 aromatic heterocycles. The Morgan fingerprint density at radius 1 is 1.19 bits per heavy atom. The Bertz CT molecular complexity index is 659. The number of nitrogens with zero attached hydrogens (tertiary/aromatic N) is 1. The second-order valence-electron chi connectivity index (χ2n) is 5.88. The van der Waals surface area contributed by atoms with E-state index in [4.69, 9.17) is 0 Å². The number of hydrogen-bond acceptors (Lipinski definition) is 2. The van der Waals surface area contributed by atoms with Crippen LogP contribution in [0.1, 0.15) is 44.8 Å². The zero-order chi connectivity index (χ0) is 14.8. The summed E-state index contributed by atoms with van der Waals surface area (Å²) in [5.41, 5.74) is 4.89. The molecule has 3 rings (SSSR count). The summed E-state index contributed by atoms with van der Waals surface area (Å²) in [7, 11) is 1.89. The van der Waals surface area contributed by atoms with E-state index in [1.165, 1.54) is 34.4 Å². The van der Waals surface area contributed by atoms with Crippen LogP contribution in [-0.4, -0.2) is 17.9 Å². The summed E-state index contributed by atoms with van der Waals surface area (Å²) in [5.74, 6) is 0.121. The lowest BCUT2D eigenvalue weighted by Crippen LogP contribution is -2.26. The Kier molecular flexibility index (Phi) is 4.11. The highest BCUT2D eigenvalue weighted by Gasteiger charge is 2.16. The minimum absolute atomic E-state index is 0.121. The highest BCUT2D eigenvalue weighted by molar-refractivity contribution is 7.10. The fourth-order valence-corrected chi connectivity index (χ4v) is 3.90. The molecule has 0 saturated carbocycles. The Morgan fingerprint density at radius 3 is 2.67 bits per heavy atom. The fourth-order valence-electron chi connectivity index (χ4n) is 2.94. The molecular formula is C18H21NOS. The first kappa shape index (κ1) is 14.3. The van der Waals surface area contributed by atoms with E-state index in [-0.39, 0.29) is 5.91 Å². The molecule has 0 radical (unpaired) electrons. The molecule has 3 heteroatoms. The Morgan fingerprint density at radius 2 is 1.95 bits per heavy atom. The first-order chi connectivity index (χ1) is 10.1. The Balaban J connectivity index is 1.76. The summed E-state index contributed by atoms with van der Waals surface area (Å²) in [5, 5.41) is 2.09. The van der Waals surface area contributed by atoms with Crippen LogP contribution in [0.25, 0.3) is 0 Å². The largest absolute Gasteiger partial charge is 0.337 e. The normalized spacial score (nSPS) is 13.8. The molecule has 2 nitrogen and oxygen atoms in total. The van der Waals surface area contributed by atoms with Crippen LogP contribution in [0.2, 0.25) is 0 Å². The third-order valence-corrected chi connectivity index (χ3v) is 5.30. The van der Waals surface area contributed by atoms with Crippen molar-refractivity contribution in [2.75, 3.05) is 7.05 Å². The molecule has 1 aromatic carbocycles. The molecule has 0 atom stereocenters. The highest BCUT2D eigenvalue weighted by atomic mass is 32.1. The third kappa shape index (κ3) is 3.03. The van der Waals surface area contributed by atoms with Crippen LogP contribution in [0.4, 0.5) is 0 Å². The van der Waals surface area contributed by atoms with E-state index in [0.717, 1.165) is 18.4 Å². The zero-order valence-electron chi connectivity index (χ0n) is 12.7. The maximum atomic E-state index is 12.6. The average Bonchev–Trinajstić information content (AvgIpc) is 2.91. The molecule has 0 saturated heterocycles. The molecule has 1 amide bonds. The summed E-state index contributed by atoms with van der Waals surface area (Å²) in [6.07, 6.45) is 4.80. The van der Waals surface area contributed by atoms with E-state index >= 15 is 0 Å². The molecule has 0 unspecified atom stereocenters. The van der Waals surface area contributed by atoms with Crippen molar-refractivity contribution in [3.05, 3.63) is 56.8 Å². The van der Waals surface area contributed by atoms with Gasteiger partial charge in [-0.25, -0.2) is 0 Å². The van der Waals surface area contributed by atoms with Gasteiger partial charge in [-0.1, -0.05) is 6.07 Å². The van der Waals surface area contributed by atoms with Gasteiger partial charge in [-0.3, -0.25) is 4.79 Å². The number of aryl methyl sites for hydroxylation is 3. The quantitative estimate of drug-likeness (QED) is 0.831. The molecule has 0 fully saturated rings. The maximum Gasteiger partial charge on any atom is 0.253 e. The molecule has 0 aliphatic heterocycles. The number of carbonyl (C=O) groups excluding carboxylic acids is 1. The van der Waals surface area contributed by atoms with E-state index in [9.17, 15) is 4.79 Å². The van der Waals surface area contributed by atoms with Crippen molar-refractivity contribution in [2.45, 2.75) is 39.2 Å². The van der Waals surface area contributed by atoms with E-state index in [1.807, 2.05) is 18.0 Å². The molecule has 2 aromatic rings. The van der Waals surface area contributed by atoms with E-state index < -0.39 is 0 Å². The monoisotopic (exact) mass is 299 g/mol. The summed E-state index contributed by atoms with van der Waals surface area (Å²) in [6.45, 7) is 2.79. The van der Waals surface area contributed by atoms with Crippen LogP contribution in [-0.2, 0) is 19.4 Å². The number of amides is 1. The third-order valence-electron chi connectivity index (χ3n) is 4.29. The van der Waals surface area contributed by atoms with Gasteiger partial charge < -0.3 is 4.90 Å². The molecule has 0 bridgehead atoms. The van der Waals surface area contributed by atoms with Gasteiger partial charge in [-0.05, 0) is 72.9 Å². The van der Waals surface area contributed by atoms with Crippen molar-refractivity contribution in [3.63, 3.8) is 0 Å². The first-order valence-electron chi connectivity index (χ1n) is 7.55. The van der Waals surface area contributed by atoms with Crippen LogP contribution in [0.5, 0.6) is 0 Å². The number of fused-ring (bicyclic) bond motifs is 1. The number of benzene rings is 1. The SMILES string of the molecule is Cc1ccsc1CN(C)C(=O)c1ccc2c(c1)CCCC2. The number of thiophene rings is 1. The predicted molar refractivity (Wildman–Crippen MR) is 87.9 cm³/mol. The van der Waals surface area contributed by atoms with Gasteiger partial charge >= 0.3 is 0 Å². The second kappa shape index (κ2) is 6.02.